The van der Waals surface area contributed by atoms with Crippen molar-refractivity contribution in [3.8, 4) is 0 Å². The summed E-state index contributed by atoms with van der Waals surface area (Å²) >= 11 is 0. The Bertz CT molecular complexity index is 932. The van der Waals surface area contributed by atoms with E-state index in [9.17, 15) is 71.5 Å². The molecule has 0 bridgehead atoms. The standard InChI is InChI=1S/C24H42O21.H2O/c25-1-6-10(28)14(32)17(35)21(41-6)39-3-8-11(29)15(33)18(36)22(42-8)40-4-9-12(30)16(34)19(37)23(43-9)45-24(5-27)20(38)13(31)7(2-26)44-24;/h6-23,25-38H,1-5H2;1H2/t6-,7-,8-,9-,10+,11+,12-,13-,14+,15+,16+,17-,18-,19-,20+,21+,22+,23-,24-;/m1./s1. The largest absolute Gasteiger partial charge is 0.412 e. The summed E-state index contributed by atoms with van der Waals surface area (Å²) in [5.74, 6) is -2.43. The van der Waals surface area contributed by atoms with Crippen LogP contribution in [0, 0.1) is 0 Å². The van der Waals surface area contributed by atoms with Crippen LogP contribution in [0.15, 0.2) is 0 Å². The van der Waals surface area contributed by atoms with Gasteiger partial charge in [-0.25, -0.2) is 0 Å². The van der Waals surface area contributed by atoms with Crippen molar-refractivity contribution in [2.75, 3.05) is 33.0 Å². The second kappa shape index (κ2) is 16.2. The lowest BCUT2D eigenvalue weighted by molar-refractivity contribution is -0.388. The average molecular weight is 685 g/mol. The quantitative estimate of drug-likeness (QED) is 0.0960. The van der Waals surface area contributed by atoms with Crippen molar-refractivity contribution in [3.05, 3.63) is 0 Å². The van der Waals surface area contributed by atoms with Crippen LogP contribution >= 0.6 is 0 Å². The van der Waals surface area contributed by atoms with E-state index in [1.165, 1.54) is 0 Å². The van der Waals surface area contributed by atoms with Crippen LogP contribution in [0.3, 0.4) is 0 Å². The second-order valence-corrected chi connectivity index (χ2v) is 11.3. The van der Waals surface area contributed by atoms with E-state index >= 15 is 0 Å². The zero-order chi connectivity index (χ0) is 33.4. The van der Waals surface area contributed by atoms with Gasteiger partial charge >= 0.3 is 0 Å². The molecule has 0 aromatic heterocycles. The van der Waals surface area contributed by atoms with Gasteiger partial charge in [-0.3, -0.25) is 0 Å². The van der Waals surface area contributed by atoms with Crippen LogP contribution in [0.1, 0.15) is 0 Å². The summed E-state index contributed by atoms with van der Waals surface area (Å²) in [7, 11) is 0. The van der Waals surface area contributed by atoms with Gasteiger partial charge < -0.3 is 110 Å². The molecule has 19 atom stereocenters. The fourth-order valence-corrected chi connectivity index (χ4v) is 5.39. The Morgan fingerprint density at radius 1 is 0.457 bits per heavy atom. The first-order valence-corrected chi connectivity index (χ1v) is 14.1. The van der Waals surface area contributed by atoms with Gasteiger partial charge in [-0.05, 0) is 0 Å². The van der Waals surface area contributed by atoms with E-state index in [0.717, 1.165) is 0 Å². The molecule has 0 aromatic rings. The average Bonchev–Trinajstić information content (AvgIpc) is 3.28. The van der Waals surface area contributed by atoms with Crippen molar-refractivity contribution >= 4 is 0 Å². The zero-order valence-corrected chi connectivity index (χ0v) is 24.0. The molecule has 0 radical (unpaired) electrons. The molecular weight excluding hydrogens is 640 g/mol. The van der Waals surface area contributed by atoms with Crippen LogP contribution in [0.4, 0.5) is 0 Å². The molecule has 0 spiro atoms. The lowest BCUT2D eigenvalue weighted by atomic mass is 9.98. The zero-order valence-electron chi connectivity index (χ0n) is 24.0. The molecule has 22 nitrogen and oxygen atoms in total. The minimum atomic E-state index is -2.43. The molecule has 272 valence electrons. The number of hydrogen-bond acceptors (Lipinski definition) is 21. The summed E-state index contributed by atoms with van der Waals surface area (Å²) in [6.45, 7) is -4.02. The normalized spacial score (nSPS) is 51.5. The smallest absolute Gasteiger partial charge is 0.224 e. The monoisotopic (exact) mass is 684 g/mol. The van der Waals surface area contributed by atoms with Crippen molar-refractivity contribution in [1.82, 2.24) is 0 Å². The molecule has 4 saturated heterocycles. The highest BCUT2D eigenvalue weighted by Gasteiger charge is 2.58. The summed E-state index contributed by atoms with van der Waals surface area (Å²) in [5.41, 5.74) is 0. The maximum absolute atomic E-state index is 10.5. The third kappa shape index (κ3) is 7.63. The van der Waals surface area contributed by atoms with E-state index < -0.39 is 149 Å². The van der Waals surface area contributed by atoms with Gasteiger partial charge in [-0.15, -0.1) is 0 Å². The molecule has 22 heteroatoms. The van der Waals surface area contributed by atoms with E-state index in [2.05, 4.69) is 0 Å². The van der Waals surface area contributed by atoms with E-state index in [1.807, 2.05) is 0 Å². The summed E-state index contributed by atoms with van der Waals surface area (Å²) in [6, 6.07) is 0. The Hall–Kier alpha value is -0.880. The van der Waals surface area contributed by atoms with Crippen molar-refractivity contribution in [1.29, 1.82) is 0 Å². The first-order chi connectivity index (χ1) is 21.2. The van der Waals surface area contributed by atoms with Crippen molar-refractivity contribution in [3.63, 3.8) is 0 Å². The highest BCUT2D eigenvalue weighted by atomic mass is 16.8. The molecule has 0 aromatic carbocycles. The highest BCUT2D eigenvalue weighted by Crippen LogP contribution is 2.36. The van der Waals surface area contributed by atoms with Gasteiger partial charge in [0, 0.05) is 0 Å². The van der Waals surface area contributed by atoms with E-state index in [-0.39, 0.29) is 5.48 Å². The third-order valence-corrected chi connectivity index (χ3v) is 8.26. The number of rotatable bonds is 11. The second-order valence-electron chi connectivity index (χ2n) is 11.3. The number of aliphatic hydroxyl groups excluding tert-OH is 14. The molecule has 16 N–H and O–H groups in total. The molecule has 0 unspecified atom stereocenters. The van der Waals surface area contributed by atoms with Crippen LogP contribution in [0.2, 0.25) is 0 Å². The van der Waals surface area contributed by atoms with Gasteiger partial charge in [0.25, 0.3) is 0 Å². The van der Waals surface area contributed by atoms with Crippen molar-refractivity contribution in [2.45, 2.75) is 116 Å². The predicted octanol–water partition coefficient (Wildman–Crippen LogP) is -10.6. The Balaban J connectivity index is 0.00000576. The first-order valence-electron chi connectivity index (χ1n) is 14.1. The highest BCUT2D eigenvalue weighted by molar-refractivity contribution is 4.99. The van der Waals surface area contributed by atoms with Gasteiger partial charge in [-0.2, -0.15) is 0 Å². The Kier molecular flexibility index (Phi) is 13.9. The molecule has 0 amide bonds. The minimum Gasteiger partial charge on any atom is -0.412 e. The van der Waals surface area contributed by atoms with E-state index in [0.29, 0.717) is 0 Å². The Morgan fingerprint density at radius 3 is 1.26 bits per heavy atom. The minimum absolute atomic E-state index is 0. The van der Waals surface area contributed by atoms with E-state index in [4.69, 9.17) is 33.2 Å². The summed E-state index contributed by atoms with van der Waals surface area (Å²) < 4.78 is 37.6. The van der Waals surface area contributed by atoms with Crippen LogP contribution in [-0.4, -0.2) is 226 Å². The SMILES string of the molecule is O.OC[C@H]1O[C@H](OC[C@H]2O[C@H](OC[C@H]3O[C@H](O[C@@]4(CO)O[C@H](CO)[C@@H](O)[C@@H]4O)[C@H](O)[C@@H](O)[C@@H]3O)[C@H](O)[C@@H](O)[C@H]2O)[C@H](O)[C@@H](O)[C@H]1O. The fourth-order valence-electron chi connectivity index (χ4n) is 5.39. The maximum Gasteiger partial charge on any atom is 0.224 e. The number of hydrogen-bond donors (Lipinski definition) is 14. The predicted molar refractivity (Wildman–Crippen MR) is 138 cm³/mol. The van der Waals surface area contributed by atoms with E-state index in [1.54, 1.807) is 0 Å². The first kappa shape index (κ1) is 39.6. The van der Waals surface area contributed by atoms with Crippen LogP contribution < -0.4 is 0 Å². The molecular formula is C24H44O22. The third-order valence-electron chi connectivity index (χ3n) is 8.26. The molecule has 46 heavy (non-hydrogen) atoms. The molecule has 4 heterocycles. The van der Waals surface area contributed by atoms with Gasteiger partial charge in [0.15, 0.2) is 18.9 Å². The maximum atomic E-state index is 10.5. The molecule has 4 rings (SSSR count). The summed E-state index contributed by atoms with van der Waals surface area (Å²) in [6.07, 6.45) is -31.4. The lowest BCUT2D eigenvalue weighted by Gasteiger charge is -2.45. The fraction of sp³-hybridized carbons (Fsp3) is 1.00. The van der Waals surface area contributed by atoms with Crippen molar-refractivity contribution in [2.24, 2.45) is 0 Å². The molecule has 0 aliphatic carbocycles. The Morgan fingerprint density at radius 2 is 0.848 bits per heavy atom. The van der Waals surface area contributed by atoms with Crippen LogP contribution in [0.5, 0.6) is 0 Å². The summed E-state index contributed by atoms with van der Waals surface area (Å²) in [4.78, 5) is 0. The molecule has 4 aliphatic heterocycles. The number of aliphatic hydroxyl groups is 14. The van der Waals surface area contributed by atoms with Crippen LogP contribution in [0.25, 0.3) is 0 Å². The lowest BCUT2D eigenvalue weighted by Crippen LogP contribution is -2.64. The van der Waals surface area contributed by atoms with Gasteiger partial charge in [0.1, 0.15) is 98.2 Å². The van der Waals surface area contributed by atoms with Gasteiger partial charge in [0.2, 0.25) is 5.79 Å². The van der Waals surface area contributed by atoms with Gasteiger partial charge in [-0.1, -0.05) is 0 Å². The molecule has 4 fully saturated rings. The number of ether oxygens (including phenoxy) is 7. The Labute approximate surface area is 260 Å². The molecule has 0 saturated carbocycles. The topological polar surface area (TPSA) is 379 Å². The van der Waals surface area contributed by atoms with Gasteiger partial charge in [0.05, 0.1) is 26.4 Å². The van der Waals surface area contributed by atoms with Crippen molar-refractivity contribution < 1.29 is 110 Å². The molecule has 4 aliphatic rings. The van der Waals surface area contributed by atoms with Crippen LogP contribution in [-0.2, 0) is 33.2 Å². The summed E-state index contributed by atoms with van der Waals surface area (Å²) in [5, 5.41) is 141.